The number of hydrogen-bond donors (Lipinski definition) is 0. The number of carbonyl (C=O) groups is 1. The Labute approximate surface area is 154 Å². The van der Waals surface area contributed by atoms with Crippen molar-refractivity contribution in [3.63, 3.8) is 0 Å². The molecule has 6 nitrogen and oxygen atoms in total. The Bertz CT molecular complexity index is 760. The Hall–Kier alpha value is -2.89. The van der Waals surface area contributed by atoms with Crippen LogP contribution in [0.25, 0.3) is 0 Å². The number of carbonyl (C=O) groups excluding carboxylic acids is 1. The van der Waals surface area contributed by atoms with E-state index in [9.17, 15) is 4.79 Å². The lowest BCUT2D eigenvalue weighted by Crippen LogP contribution is -2.28. The van der Waals surface area contributed by atoms with E-state index in [4.69, 9.17) is 18.9 Å². The van der Waals surface area contributed by atoms with Crippen LogP contribution >= 0.6 is 0 Å². The van der Waals surface area contributed by atoms with Crippen molar-refractivity contribution >= 4 is 5.91 Å². The standard InChI is InChI=1S/C20H25NO5/c1-21(18(22)12-14-7-6-8-16(11-14)23-2)13-15-9-10-17(24-3)20(26-5)19(15)25-4/h6-11H,12-13H2,1-5H3. The summed E-state index contributed by atoms with van der Waals surface area (Å²) in [7, 11) is 8.07. The number of methoxy groups -OCH3 is 4. The van der Waals surface area contributed by atoms with Gasteiger partial charge >= 0.3 is 0 Å². The van der Waals surface area contributed by atoms with Crippen molar-refractivity contribution in [2.24, 2.45) is 0 Å². The zero-order chi connectivity index (χ0) is 19.1. The summed E-state index contributed by atoms with van der Waals surface area (Å²) in [6, 6.07) is 11.2. The predicted molar refractivity (Wildman–Crippen MR) is 99.3 cm³/mol. The average molecular weight is 359 g/mol. The van der Waals surface area contributed by atoms with Crippen LogP contribution in [0, 0.1) is 0 Å². The van der Waals surface area contributed by atoms with Crippen molar-refractivity contribution in [3.05, 3.63) is 47.5 Å². The van der Waals surface area contributed by atoms with E-state index in [1.165, 1.54) is 0 Å². The zero-order valence-corrected chi connectivity index (χ0v) is 15.9. The number of nitrogens with zero attached hydrogens (tertiary/aromatic N) is 1. The summed E-state index contributed by atoms with van der Waals surface area (Å²) < 4.78 is 21.4. The second kappa shape index (κ2) is 8.99. The molecule has 0 bridgehead atoms. The zero-order valence-electron chi connectivity index (χ0n) is 15.9. The second-order valence-corrected chi connectivity index (χ2v) is 5.77. The number of likely N-dealkylation sites (N-methyl/N-ethyl adjacent to an activating group) is 1. The Kier molecular flexibility index (Phi) is 6.72. The van der Waals surface area contributed by atoms with E-state index in [0.29, 0.717) is 30.2 Å². The van der Waals surface area contributed by atoms with Gasteiger partial charge in [-0.25, -0.2) is 0 Å². The molecule has 0 radical (unpaired) electrons. The van der Waals surface area contributed by atoms with E-state index in [2.05, 4.69) is 0 Å². The van der Waals surface area contributed by atoms with Gasteiger partial charge < -0.3 is 23.8 Å². The molecule has 0 atom stereocenters. The van der Waals surface area contributed by atoms with Crippen LogP contribution in [0.5, 0.6) is 23.0 Å². The number of rotatable bonds is 8. The molecule has 6 heteroatoms. The molecule has 0 saturated heterocycles. The minimum atomic E-state index is -0.00455. The fourth-order valence-electron chi connectivity index (χ4n) is 2.72. The average Bonchev–Trinajstić information content (AvgIpc) is 2.67. The quantitative estimate of drug-likeness (QED) is 0.725. The summed E-state index contributed by atoms with van der Waals surface area (Å²) in [5.41, 5.74) is 1.74. The van der Waals surface area contributed by atoms with Gasteiger partial charge in [-0.2, -0.15) is 0 Å². The smallest absolute Gasteiger partial charge is 0.227 e. The van der Waals surface area contributed by atoms with Crippen LogP contribution in [-0.2, 0) is 17.8 Å². The Balaban J connectivity index is 2.15. The third kappa shape index (κ3) is 4.39. The van der Waals surface area contributed by atoms with Gasteiger partial charge in [0.1, 0.15) is 5.75 Å². The van der Waals surface area contributed by atoms with E-state index < -0.39 is 0 Å². The van der Waals surface area contributed by atoms with Crippen molar-refractivity contribution in [3.8, 4) is 23.0 Å². The minimum Gasteiger partial charge on any atom is -0.497 e. The topological polar surface area (TPSA) is 57.2 Å². The first-order valence-corrected chi connectivity index (χ1v) is 8.18. The van der Waals surface area contributed by atoms with Crippen molar-refractivity contribution in [1.82, 2.24) is 4.90 Å². The highest BCUT2D eigenvalue weighted by atomic mass is 16.5. The van der Waals surface area contributed by atoms with Crippen LogP contribution in [0.2, 0.25) is 0 Å². The first kappa shape index (κ1) is 19.4. The Morgan fingerprint density at radius 1 is 0.923 bits per heavy atom. The van der Waals surface area contributed by atoms with Crippen LogP contribution in [0.3, 0.4) is 0 Å². The van der Waals surface area contributed by atoms with Gasteiger partial charge in [-0.1, -0.05) is 12.1 Å². The van der Waals surface area contributed by atoms with Crippen LogP contribution in [-0.4, -0.2) is 46.3 Å². The lowest BCUT2D eigenvalue weighted by Gasteiger charge is -2.21. The first-order valence-electron chi connectivity index (χ1n) is 8.18. The number of benzene rings is 2. The van der Waals surface area contributed by atoms with E-state index in [1.807, 2.05) is 30.3 Å². The molecule has 0 saturated carbocycles. The number of ether oxygens (including phenoxy) is 4. The van der Waals surface area contributed by atoms with E-state index in [0.717, 1.165) is 16.9 Å². The highest BCUT2D eigenvalue weighted by Crippen LogP contribution is 2.40. The monoisotopic (exact) mass is 359 g/mol. The molecule has 0 aromatic heterocycles. The first-order chi connectivity index (χ1) is 12.5. The molecule has 0 N–H and O–H groups in total. The number of hydrogen-bond acceptors (Lipinski definition) is 5. The summed E-state index contributed by atoms with van der Waals surface area (Å²) in [6.45, 7) is 0.395. The molecular formula is C20H25NO5. The molecule has 0 heterocycles. The molecule has 0 spiro atoms. The lowest BCUT2D eigenvalue weighted by molar-refractivity contribution is -0.129. The van der Waals surface area contributed by atoms with Gasteiger partial charge in [0.05, 0.1) is 34.9 Å². The van der Waals surface area contributed by atoms with E-state index in [1.54, 1.807) is 46.5 Å². The van der Waals surface area contributed by atoms with Crippen molar-refractivity contribution in [1.29, 1.82) is 0 Å². The van der Waals surface area contributed by atoms with Crippen LogP contribution in [0.1, 0.15) is 11.1 Å². The summed E-state index contributed by atoms with van der Waals surface area (Å²) in [6.07, 6.45) is 0.295. The Morgan fingerprint density at radius 3 is 2.27 bits per heavy atom. The normalized spacial score (nSPS) is 10.2. The van der Waals surface area contributed by atoms with Crippen molar-refractivity contribution < 1.29 is 23.7 Å². The summed E-state index contributed by atoms with van der Waals surface area (Å²) in [5.74, 6) is 2.39. The Morgan fingerprint density at radius 2 is 1.65 bits per heavy atom. The maximum Gasteiger partial charge on any atom is 0.227 e. The van der Waals surface area contributed by atoms with Gasteiger partial charge in [-0.15, -0.1) is 0 Å². The van der Waals surface area contributed by atoms with E-state index in [-0.39, 0.29) is 5.91 Å². The third-order valence-corrected chi connectivity index (χ3v) is 4.11. The summed E-state index contributed by atoms with van der Waals surface area (Å²) in [5, 5.41) is 0. The minimum absolute atomic E-state index is 0.00455. The predicted octanol–water partition coefficient (Wildman–Crippen LogP) is 2.92. The molecule has 0 aliphatic heterocycles. The maximum atomic E-state index is 12.6. The van der Waals surface area contributed by atoms with Crippen LogP contribution < -0.4 is 18.9 Å². The molecule has 0 fully saturated rings. The van der Waals surface area contributed by atoms with Gasteiger partial charge in [0.2, 0.25) is 11.7 Å². The SMILES string of the molecule is COc1cccc(CC(=O)N(C)Cc2ccc(OC)c(OC)c2OC)c1. The largest absolute Gasteiger partial charge is 0.497 e. The molecule has 26 heavy (non-hydrogen) atoms. The second-order valence-electron chi connectivity index (χ2n) is 5.77. The van der Waals surface area contributed by atoms with Crippen molar-refractivity contribution in [2.75, 3.05) is 35.5 Å². The van der Waals surface area contributed by atoms with Gasteiger partial charge in [0.25, 0.3) is 0 Å². The highest BCUT2D eigenvalue weighted by molar-refractivity contribution is 5.78. The van der Waals surface area contributed by atoms with Crippen LogP contribution in [0.4, 0.5) is 0 Å². The highest BCUT2D eigenvalue weighted by Gasteiger charge is 2.19. The molecule has 0 aliphatic rings. The lowest BCUT2D eigenvalue weighted by atomic mass is 10.1. The van der Waals surface area contributed by atoms with Gasteiger partial charge in [0.15, 0.2) is 11.5 Å². The van der Waals surface area contributed by atoms with Gasteiger partial charge in [-0.3, -0.25) is 4.79 Å². The fourth-order valence-corrected chi connectivity index (χ4v) is 2.72. The van der Waals surface area contributed by atoms with E-state index >= 15 is 0 Å². The van der Waals surface area contributed by atoms with Gasteiger partial charge in [0, 0.05) is 19.2 Å². The maximum absolute atomic E-state index is 12.6. The summed E-state index contributed by atoms with van der Waals surface area (Å²) >= 11 is 0. The number of amides is 1. The van der Waals surface area contributed by atoms with Crippen LogP contribution in [0.15, 0.2) is 36.4 Å². The third-order valence-electron chi connectivity index (χ3n) is 4.11. The summed E-state index contributed by atoms with van der Waals surface area (Å²) in [4.78, 5) is 14.2. The molecular weight excluding hydrogens is 334 g/mol. The molecule has 0 aliphatic carbocycles. The molecule has 0 unspecified atom stereocenters. The fraction of sp³-hybridized carbons (Fsp3) is 0.350. The van der Waals surface area contributed by atoms with Crippen molar-refractivity contribution in [2.45, 2.75) is 13.0 Å². The van der Waals surface area contributed by atoms with Gasteiger partial charge in [-0.05, 0) is 29.8 Å². The molecule has 2 aromatic carbocycles. The molecule has 140 valence electrons. The molecule has 1 amide bonds. The molecule has 2 aromatic rings. The molecule has 2 rings (SSSR count).